The Morgan fingerprint density at radius 2 is 1.79 bits per heavy atom. The average Bonchev–Trinajstić information content (AvgIpc) is 3.13. The van der Waals surface area contributed by atoms with Crippen LogP contribution in [-0.2, 0) is 4.74 Å². The van der Waals surface area contributed by atoms with Crippen molar-refractivity contribution in [2.75, 3.05) is 19.6 Å². The molecule has 1 heterocycles. The predicted octanol–water partition coefficient (Wildman–Crippen LogP) is 3.15. The van der Waals surface area contributed by atoms with Crippen molar-refractivity contribution in [1.82, 2.24) is 4.90 Å². The Morgan fingerprint density at radius 1 is 1.21 bits per heavy atom. The molecule has 0 aromatic heterocycles. The first kappa shape index (κ1) is 16.3. The summed E-state index contributed by atoms with van der Waals surface area (Å²) in [5.74, 6) is 1.02. The summed E-state index contributed by atoms with van der Waals surface area (Å²) in [6.45, 7) is 8.30. The van der Waals surface area contributed by atoms with E-state index in [0.717, 1.165) is 38.4 Å². The first-order valence-electron chi connectivity index (χ1n) is 7.60. The third-order valence-corrected chi connectivity index (χ3v) is 3.28. The zero-order valence-corrected chi connectivity index (χ0v) is 12.8. The number of hydrogen-bond donors (Lipinski definition) is 1. The molecule has 1 saturated carbocycles. The summed E-state index contributed by atoms with van der Waals surface area (Å²) < 4.78 is 5.26. The van der Waals surface area contributed by atoms with Gasteiger partial charge in [0.25, 0.3) is 0 Å². The number of piperidine rings is 1. The molecule has 2 fully saturated rings. The molecule has 0 aromatic carbocycles. The van der Waals surface area contributed by atoms with Crippen LogP contribution in [0.3, 0.4) is 0 Å². The lowest BCUT2D eigenvalue weighted by atomic mass is 10.1. The second kappa shape index (κ2) is 7.73. The molecule has 1 aliphatic carbocycles. The molecule has 1 saturated heterocycles. The van der Waals surface area contributed by atoms with Crippen LogP contribution in [0.4, 0.5) is 4.79 Å². The van der Waals surface area contributed by atoms with Crippen LogP contribution < -0.4 is 5.73 Å². The molecule has 1 amide bonds. The maximum absolute atomic E-state index is 11.5. The molecule has 0 unspecified atom stereocenters. The van der Waals surface area contributed by atoms with Crippen molar-refractivity contribution in [2.45, 2.75) is 64.9 Å². The smallest absolute Gasteiger partial charge is 0.410 e. The highest BCUT2D eigenvalue weighted by Gasteiger charge is 2.22. The van der Waals surface area contributed by atoms with Gasteiger partial charge in [-0.25, -0.2) is 4.79 Å². The number of carbonyl (C=O) groups excluding carboxylic acids is 1. The monoisotopic (exact) mass is 270 g/mol. The van der Waals surface area contributed by atoms with Crippen molar-refractivity contribution >= 4 is 6.09 Å². The number of carbonyl (C=O) groups is 1. The van der Waals surface area contributed by atoms with Crippen LogP contribution in [0.2, 0.25) is 0 Å². The van der Waals surface area contributed by atoms with Gasteiger partial charge in [-0.2, -0.15) is 0 Å². The van der Waals surface area contributed by atoms with Crippen LogP contribution in [0.1, 0.15) is 59.3 Å². The summed E-state index contributed by atoms with van der Waals surface area (Å²) in [6.07, 6.45) is 7.44. The van der Waals surface area contributed by atoms with E-state index in [1.54, 1.807) is 4.90 Å². The molecule has 0 aromatic rings. The molecular weight excluding hydrogens is 240 g/mol. The Bertz CT molecular complexity index is 264. The van der Waals surface area contributed by atoms with Crippen LogP contribution in [0.5, 0.6) is 0 Å². The van der Waals surface area contributed by atoms with E-state index in [1.807, 2.05) is 20.8 Å². The summed E-state index contributed by atoms with van der Waals surface area (Å²) in [5, 5.41) is 0. The second-order valence-corrected chi connectivity index (χ2v) is 6.55. The standard InChI is InChI=1S/C10H19NO2.C5H11N/c1-10(2,3)13-9(12)11-7-5-4-6-8-11;6-4-3-5-1-2-5/h4-8H2,1-3H3;5H,1-4,6H2. The summed E-state index contributed by atoms with van der Waals surface area (Å²) >= 11 is 0. The van der Waals surface area contributed by atoms with E-state index in [9.17, 15) is 4.79 Å². The molecule has 0 radical (unpaired) electrons. The number of amides is 1. The minimum absolute atomic E-state index is 0.160. The van der Waals surface area contributed by atoms with Gasteiger partial charge in [0.15, 0.2) is 0 Å². The maximum atomic E-state index is 11.5. The SMILES string of the molecule is CC(C)(C)OC(=O)N1CCCCC1.NCCC1CC1. The van der Waals surface area contributed by atoms with Crippen molar-refractivity contribution in [3.63, 3.8) is 0 Å². The molecule has 0 spiro atoms. The lowest BCUT2D eigenvalue weighted by Crippen LogP contribution is -2.39. The molecule has 0 atom stereocenters. The highest BCUT2D eigenvalue weighted by Crippen LogP contribution is 2.31. The molecule has 1 aliphatic heterocycles. The summed E-state index contributed by atoms with van der Waals surface area (Å²) in [7, 11) is 0. The highest BCUT2D eigenvalue weighted by molar-refractivity contribution is 5.68. The predicted molar refractivity (Wildman–Crippen MR) is 78.1 cm³/mol. The molecule has 19 heavy (non-hydrogen) atoms. The first-order chi connectivity index (χ1) is 8.92. The minimum atomic E-state index is -0.367. The van der Waals surface area contributed by atoms with Gasteiger partial charge in [-0.15, -0.1) is 0 Å². The zero-order valence-electron chi connectivity index (χ0n) is 12.8. The van der Waals surface area contributed by atoms with E-state index in [2.05, 4.69) is 0 Å². The van der Waals surface area contributed by atoms with Crippen LogP contribution in [0.15, 0.2) is 0 Å². The normalized spacial score (nSPS) is 19.5. The fourth-order valence-electron chi connectivity index (χ4n) is 2.05. The number of nitrogens with two attached hydrogens (primary N) is 1. The molecular formula is C15H30N2O2. The Labute approximate surface area is 117 Å². The van der Waals surface area contributed by atoms with Gasteiger partial charge in [-0.05, 0) is 58.9 Å². The molecule has 2 aliphatic rings. The van der Waals surface area contributed by atoms with Gasteiger partial charge in [0.1, 0.15) is 5.60 Å². The van der Waals surface area contributed by atoms with Crippen molar-refractivity contribution < 1.29 is 9.53 Å². The minimum Gasteiger partial charge on any atom is -0.444 e. The Kier molecular flexibility index (Phi) is 6.63. The lowest BCUT2D eigenvalue weighted by Gasteiger charge is -2.29. The van der Waals surface area contributed by atoms with Crippen molar-refractivity contribution in [1.29, 1.82) is 0 Å². The van der Waals surface area contributed by atoms with Gasteiger partial charge >= 0.3 is 6.09 Å². The molecule has 2 rings (SSSR count). The van der Waals surface area contributed by atoms with E-state index < -0.39 is 0 Å². The van der Waals surface area contributed by atoms with Gasteiger partial charge in [-0.3, -0.25) is 0 Å². The summed E-state index contributed by atoms with van der Waals surface area (Å²) in [6, 6.07) is 0. The Balaban J connectivity index is 0.000000250. The molecule has 2 N–H and O–H groups in total. The Hall–Kier alpha value is -0.770. The number of rotatable bonds is 2. The van der Waals surface area contributed by atoms with Crippen LogP contribution >= 0.6 is 0 Å². The van der Waals surface area contributed by atoms with Crippen molar-refractivity contribution in [3.05, 3.63) is 0 Å². The largest absolute Gasteiger partial charge is 0.444 e. The third kappa shape index (κ3) is 8.09. The third-order valence-electron chi connectivity index (χ3n) is 3.28. The average molecular weight is 270 g/mol. The highest BCUT2D eigenvalue weighted by atomic mass is 16.6. The van der Waals surface area contributed by atoms with Gasteiger partial charge in [0.2, 0.25) is 0 Å². The van der Waals surface area contributed by atoms with E-state index in [-0.39, 0.29) is 11.7 Å². The second-order valence-electron chi connectivity index (χ2n) is 6.55. The van der Waals surface area contributed by atoms with Gasteiger partial charge in [0.05, 0.1) is 0 Å². The lowest BCUT2D eigenvalue weighted by molar-refractivity contribution is 0.0216. The van der Waals surface area contributed by atoms with Crippen LogP contribution in [0, 0.1) is 5.92 Å². The van der Waals surface area contributed by atoms with Gasteiger partial charge in [-0.1, -0.05) is 12.8 Å². The zero-order chi connectivity index (χ0) is 14.3. The maximum Gasteiger partial charge on any atom is 0.410 e. The summed E-state index contributed by atoms with van der Waals surface area (Å²) in [4.78, 5) is 13.3. The Morgan fingerprint density at radius 3 is 2.16 bits per heavy atom. The molecule has 4 heteroatoms. The first-order valence-corrected chi connectivity index (χ1v) is 7.60. The number of ether oxygens (including phenoxy) is 1. The van der Waals surface area contributed by atoms with Gasteiger partial charge in [0, 0.05) is 13.1 Å². The molecule has 0 bridgehead atoms. The van der Waals surface area contributed by atoms with E-state index >= 15 is 0 Å². The van der Waals surface area contributed by atoms with Crippen molar-refractivity contribution in [2.24, 2.45) is 11.7 Å². The molecule has 4 nitrogen and oxygen atoms in total. The topological polar surface area (TPSA) is 55.6 Å². The number of nitrogens with zero attached hydrogens (tertiary/aromatic N) is 1. The number of hydrogen-bond acceptors (Lipinski definition) is 3. The fourth-order valence-corrected chi connectivity index (χ4v) is 2.05. The summed E-state index contributed by atoms with van der Waals surface area (Å²) in [5.41, 5.74) is 4.90. The van der Waals surface area contributed by atoms with Crippen LogP contribution in [-0.4, -0.2) is 36.2 Å². The van der Waals surface area contributed by atoms with Crippen LogP contribution in [0.25, 0.3) is 0 Å². The fraction of sp³-hybridized carbons (Fsp3) is 0.933. The van der Waals surface area contributed by atoms with E-state index in [0.29, 0.717) is 0 Å². The quantitative estimate of drug-likeness (QED) is 0.838. The van der Waals surface area contributed by atoms with Crippen molar-refractivity contribution in [3.8, 4) is 0 Å². The molecule has 112 valence electrons. The van der Waals surface area contributed by atoms with E-state index in [4.69, 9.17) is 10.5 Å². The van der Waals surface area contributed by atoms with Gasteiger partial charge < -0.3 is 15.4 Å². The van der Waals surface area contributed by atoms with E-state index in [1.165, 1.54) is 25.7 Å². The number of likely N-dealkylation sites (tertiary alicyclic amines) is 1.